The van der Waals surface area contributed by atoms with E-state index >= 15 is 0 Å². The number of likely N-dealkylation sites (N-methyl/N-ethyl adjacent to an activating group) is 1. The number of hydrogen-bond donors (Lipinski definition) is 1. The molecule has 0 fully saturated rings. The number of aryl methyl sites for hydroxylation is 2. The quantitative estimate of drug-likeness (QED) is 0.837. The van der Waals surface area contributed by atoms with Gasteiger partial charge in [-0.3, -0.25) is 4.79 Å². The Morgan fingerprint density at radius 1 is 1.38 bits per heavy atom. The van der Waals surface area contributed by atoms with Crippen molar-refractivity contribution < 1.29 is 4.79 Å². The lowest BCUT2D eigenvalue weighted by molar-refractivity contribution is -0.131. The second kappa shape index (κ2) is 8.35. The molecule has 24 heavy (non-hydrogen) atoms. The van der Waals surface area contributed by atoms with Gasteiger partial charge in [0.1, 0.15) is 0 Å². The molecule has 0 aliphatic carbocycles. The normalized spacial score (nSPS) is 12.2. The molecule has 0 bridgehead atoms. The predicted molar refractivity (Wildman–Crippen MR) is 100 cm³/mol. The molecule has 1 atom stereocenters. The van der Waals surface area contributed by atoms with Crippen LogP contribution in [0.5, 0.6) is 0 Å². The van der Waals surface area contributed by atoms with Crippen LogP contribution in [0.4, 0.5) is 0 Å². The van der Waals surface area contributed by atoms with Gasteiger partial charge in [0.15, 0.2) is 0 Å². The van der Waals surface area contributed by atoms with Crippen LogP contribution in [0.3, 0.4) is 0 Å². The Morgan fingerprint density at radius 3 is 2.75 bits per heavy atom. The minimum Gasteiger partial charge on any atom is -0.340 e. The molecule has 5 nitrogen and oxygen atoms in total. The van der Waals surface area contributed by atoms with E-state index < -0.39 is 6.04 Å². The standard InChI is InChI=1S/C18H26N4OS/c1-13-10-14(2)22(20-13)16-7-5-6-15(11-16)12-21(3)18(23)17(19)8-9-24-4/h5-7,10-11,17H,8-9,12,19H2,1-4H3/t17-/m0/s1. The predicted octanol–water partition coefficient (Wildman–Crippen LogP) is 2.53. The first-order chi connectivity index (χ1) is 11.4. The molecule has 0 radical (unpaired) electrons. The van der Waals surface area contributed by atoms with Crippen LogP contribution in [0.25, 0.3) is 5.69 Å². The zero-order valence-corrected chi connectivity index (χ0v) is 15.6. The summed E-state index contributed by atoms with van der Waals surface area (Å²) in [5.74, 6) is 0.884. The maximum absolute atomic E-state index is 12.3. The lowest BCUT2D eigenvalue weighted by Crippen LogP contribution is -2.41. The summed E-state index contributed by atoms with van der Waals surface area (Å²) in [7, 11) is 1.80. The van der Waals surface area contributed by atoms with Gasteiger partial charge in [-0.2, -0.15) is 16.9 Å². The summed E-state index contributed by atoms with van der Waals surface area (Å²) >= 11 is 1.71. The second-order valence-electron chi connectivity index (χ2n) is 6.09. The highest BCUT2D eigenvalue weighted by molar-refractivity contribution is 7.98. The fourth-order valence-electron chi connectivity index (χ4n) is 2.68. The first-order valence-corrected chi connectivity index (χ1v) is 9.44. The topological polar surface area (TPSA) is 64.2 Å². The Kier molecular flexibility index (Phi) is 6.45. The van der Waals surface area contributed by atoms with Crippen molar-refractivity contribution >= 4 is 17.7 Å². The molecular formula is C18H26N4OS. The highest BCUT2D eigenvalue weighted by Gasteiger charge is 2.18. The van der Waals surface area contributed by atoms with E-state index in [2.05, 4.69) is 11.2 Å². The number of rotatable bonds is 7. The van der Waals surface area contributed by atoms with Crippen LogP contribution in [0.2, 0.25) is 0 Å². The maximum Gasteiger partial charge on any atom is 0.239 e. The van der Waals surface area contributed by atoms with Crippen molar-refractivity contribution in [2.75, 3.05) is 19.1 Å². The molecule has 2 aromatic rings. The molecule has 2 rings (SSSR count). The summed E-state index contributed by atoms with van der Waals surface area (Å²) in [6, 6.07) is 9.72. The van der Waals surface area contributed by atoms with E-state index in [1.54, 1.807) is 23.7 Å². The Balaban J connectivity index is 2.09. The van der Waals surface area contributed by atoms with E-state index in [0.717, 1.165) is 28.4 Å². The van der Waals surface area contributed by atoms with Gasteiger partial charge in [-0.25, -0.2) is 4.68 Å². The highest BCUT2D eigenvalue weighted by Crippen LogP contribution is 2.15. The number of hydrogen-bond acceptors (Lipinski definition) is 4. The van der Waals surface area contributed by atoms with Crippen LogP contribution in [0.1, 0.15) is 23.4 Å². The molecule has 0 saturated heterocycles. The van der Waals surface area contributed by atoms with Crippen LogP contribution in [0, 0.1) is 13.8 Å². The number of aromatic nitrogens is 2. The van der Waals surface area contributed by atoms with E-state index in [0.29, 0.717) is 13.0 Å². The molecule has 1 amide bonds. The molecule has 1 heterocycles. The summed E-state index contributed by atoms with van der Waals surface area (Å²) in [4.78, 5) is 14.0. The van der Waals surface area contributed by atoms with Gasteiger partial charge in [0.05, 0.1) is 17.4 Å². The van der Waals surface area contributed by atoms with Crippen LogP contribution >= 0.6 is 11.8 Å². The summed E-state index contributed by atoms with van der Waals surface area (Å²) < 4.78 is 1.92. The van der Waals surface area contributed by atoms with Gasteiger partial charge in [0.25, 0.3) is 0 Å². The Morgan fingerprint density at radius 2 is 2.12 bits per heavy atom. The van der Waals surface area contributed by atoms with Gasteiger partial charge >= 0.3 is 0 Å². The van der Waals surface area contributed by atoms with Crippen LogP contribution in [-0.2, 0) is 11.3 Å². The van der Waals surface area contributed by atoms with Gasteiger partial charge in [-0.05, 0) is 56.0 Å². The Labute approximate surface area is 148 Å². The highest BCUT2D eigenvalue weighted by atomic mass is 32.2. The second-order valence-corrected chi connectivity index (χ2v) is 7.08. The van der Waals surface area contributed by atoms with Crippen molar-refractivity contribution in [1.29, 1.82) is 0 Å². The summed E-state index contributed by atoms with van der Waals surface area (Å²) in [5.41, 5.74) is 10.1. The molecule has 1 aromatic carbocycles. The number of carbonyl (C=O) groups is 1. The average molecular weight is 347 g/mol. The molecule has 0 aliphatic rings. The molecule has 0 saturated carbocycles. The molecule has 130 valence electrons. The number of thioether (sulfide) groups is 1. The zero-order valence-electron chi connectivity index (χ0n) is 14.8. The fraction of sp³-hybridized carbons (Fsp3) is 0.444. The lowest BCUT2D eigenvalue weighted by atomic mass is 10.1. The van der Waals surface area contributed by atoms with E-state index in [-0.39, 0.29) is 5.91 Å². The minimum absolute atomic E-state index is 0.0134. The van der Waals surface area contributed by atoms with Gasteiger partial charge in [0.2, 0.25) is 5.91 Å². The average Bonchev–Trinajstić information content (AvgIpc) is 2.90. The van der Waals surface area contributed by atoms with Gasteiger partial charge in [0, 0.05) is 19.3 Å². The minimum atomic E-state index is -0.429. The van der Waals surface area contributed by atoms with Crippen molar-refractivity contribution in [3.05, 3.63) is 47.3 Å². The summed E-state index contributed by atoms with van der Waals surface area (Å²) in [6.45, 7) is 4.56. The monoisotopic (exact) mass is 346 g/mol. The van der Waals surface area contributed by atoms with E-state index in [4.69, 9.17) is 5.73 Å². The molecular weight excluding hydrogens is 320 g/mol. The maximum atomic E-state index is 12.3. The van der Waals surface area contributed by atoms with Gasteiger partial charge < -0.3 is 10.6 Å². The Bertz CT molecular complexity index is 698. The zero-order chi connectivity index (χ0) is 17.7. The van der Waals surface area contributed by atoms with Crippen LogP contribution < -0.4 is 5.73 Å². The molecule has 2 N–H and O–H groups in total. The van der Waals surface area contributed by atoms with Crippen molar-refractivity contribution in [1.82, 2.24) is 14.7 Å². The molecule has 0 unspecified atom stereocenters. The lowest BCUT2D eigenvalue weighted by Gasteiger charge is -2.21. The third-order valence-corrected chi connectivity index (χ3v) is 4.55. The first kappa shape index (κ1) is 18.5. The van der Waals surface area contributed by atoms with E-state index in [9.17, 15) is 4.79 Å². The third-order valence-electron chi connectivity index (χ3n) is 3.91. The number of benzene rings is 1. The first-order valence-electron chi connectivity index (χ1n) is 8.04. The van der Waals surface area contributed by atoms with Crippen LogP contribution in [-0.4, -0.2) is 45.7 Å². The summed E-state index contributed by atoms with van der Waals surface area (Å²) in [5, 5.41) is 4.51. The SMILES string of the molecule is CSCC[C@H](N)C(=O)N(C)Cc1cccc(-n2nc(C)cc2C)c1. The summed E-state index contributed by atoms with van der Waals surface area (Å²) in [6.07, 6.45) is 2.72. The van der Waals surface area contributed by atoms with Gasteiger partial charge in [-0.15, -0.1) is 0 Å². The number of carbonyl (C=O) groups excluding carboxylic acids is 1. The molecule has 0 aliphatic heterocycles. The largest absolute Gasteiger partial charge is 0.340 e. The fourth-order valence-corrected chi connectivity index (χ4v) is 3.17. The third kappa shape index (κ3) is 4.61. The Hall–Kier alpha value is -1.79. The van der Waals surface area contributed by atoms with Crippen LogP contribution in [0.15, 0.2) is 30.3 Å². The van der Waals surface area contributed by atoms with Crippen molar-refractivity contribution in [3.63, 3.8) is 0 Å². The van der Waals surface area contributed by atoms with Crippen molar-refractivity contribution in [2.24, 2.45) is 5.73 Å². The van der Waals surface area contributed by atoms with Crippen molar-refractivity contribution in [2.45, 2.75) is 32.9 Å². The molecule has 0 spiro atoms. The molecule has 6 heteroatoms. The number of amides is 1. The number of nitrogens with zero attached hydrogens (tertiary/aromatic N) is 3. The van der Waals surface area contributed by atoms with E-state index in [1.807, 2.05) is 49.1 Å². The smallest absolute Gasteiger partial charge is 0.239 e. The van der Waals surface area contributed by atoms with Gasteiger partial charge in [-0.1, -0.05) is 12.1 Å². The van der Waals surface area contributed by atoms with E-state index in [1.165, 1.54) is 0 Å². The van der Waals surface area contributed by atoms with Crippen molar-refractivity contribution in [3.8, 4) is 5.69 Å². The number of nitrogens with two attached hydrogens (primary N) is 1. The molecule has 1 aromatic heterocycles.